The number of allylic oxidation sites excluding steroid dienone is 1. The van der Waals surface area contributed by atoms with Crippen molar-refractivity contribution in [2.45, 2.75) is 12.8 Å². The molecule has 1 aliphatic carbocycles. The molecule has 0 atom stereocenters. The smallest absolute Gasteiger partial charge is 0.135 e. The van der Waals surface area contributed by atoms with Gasteiger partial charge in [-0.2, -0.15) is 0 Å². The highest BCUT2D eigenvalue weighted by Gasteiger charge is 2.13. The van der Waals surface area contributed by atoms with E-state index in [1.165, 1.54) is 10.9 Å². The molecule has 0 bridgehead atoms. The van der Waals surface area contributed by atoms with Gasteiger partial charge in [0.1, 0.15) is 11.3 Å². The van der Waals surface area contributed by atoms with Crippen molar-refractivity contribution in [3.63, 3.8) is 0 Å². The Morgan fingerprint density at radius 2 is 2.21 bits per heavy atom. The molecular weight excluding hydrogens is 240 g/mol. The van der Waals surface area contributed by atoms with Crippen molar-refractivity contribution in [3.8, 4) is 0 Å². The van der Waals surface area contributed by atoms with E-state index in [-0.39, 0.29) is 0 Å². The zero-order valence-electron chi connectivity index (χ0n) is 7.59. The molecule has 2 heteroatoms. The lowest BCUT2D eigenvalue weighted by atomic mass is 10.0. The molecule has 1 heterocycles. The summed E-state index contributed by atoms with van der Waals surface area (Å²) in [5.74, 6) is 1.03. The molecule has 1 aliphatic rings. The van der Waals surface area contributed by atoms with Gasteiger partial charge in [-0.3, -0.25) is 0 Å². The number of benzene rings is 1. The Morgan fingerprint density at radius 3 is 3.14 bits per heavy atom. The molecule has 0 spiro atoms. The van der Waals surface area contributed by atoms with E-state index in [2.05, 4.69) is 34.1 Å². The van der Waals surface area contributed by atoms with Gasteiger partial charge in [-0.05, 0) is 37.1 Å². The van der Waals surface area contributed by atoms with Crippen molar-refractivity contribution in [1.82, 2.24) is 0 Å². The monoisotopic (exact) mass is 248 g/mol. The SMILES string of the molecule is Brc1ccc2oc3c(c2c1)CCC=C3. The fourth-order valence-corrected chi connectivity index (χ4v) is 2.31. The van der Waals surface area contributed by atoms with Crippen LogP contribution in [0.1, 0.15) is 17.7 Å². The summed E-state index contributed by atoms with van der Waals surface area (Å²) in [6.45, 7) is 0. The number of furan rings is 1. The van der Waals surface area contributed by atoms with Crippen LogP contribution >= 0.6 is 15.9 Å². The minimum absolute atomic E-state index is 0.991. The molecule has 0 radical (unpaired) electrons. The highest BCUT2D eigenvalue weighted by atomic mass is 79.9. The van der Waals surface area contributed by atoms with Gasteiger partial charge in [0.25, 0.3) is 0 Å². The zero-order chi connectivity index (χ0) is 9.54. The van der Waals surface area contributed by atoms with Crippen molar-refractivity contribution in [2.75, 3.05) is 0 Å². The summed E-state index contributed by atoms with van der Waals surface area (Å²) in [6.07, 6.45) is 6.45. The maximum Gasteiger partial charge on any atom is 0.135 e. The summed E-state index contributed by atoms with van der Waals surface area (Å²) in [6, 6.07) is 6.17. The number of aryl methyl sites for hydroxylation is 1. The van der Waals surface area contributed by atoms with E-state index < -0.39 is 0 Å². The molecule has 1 nitrogen and oxygen atoms in total. The Balaban J connectivity index is 2.39. The lowest BCUT2D eigenvalue weighted by Crippen LogP contribution is -1.88. The van der Waals surface area contributed by atoms with E-state index in [4.69, 9.17) is 4.42 Å². The lowest BCUT2D eigenvalue weighted by Gasteiger charge is -2.02. The van der Waals surface area contributed by atoms with E-state index in [0.717, 1.165) is 28.7 Å². The van der Waals surface area contributed by atoms with Crippen LogP contribution in [0.2, 0.25) is 0 Å². The van der Waals surface area contributed by atoms with Crippen LogP contribution in [0.4, 0.5) is 0 Å². The second-order valence-corrected chi connectivity index (χ2v) is 4.44. The van der Waals surface area contributed by atoms with Crippen LogP contribution < -0.4 is 0 Å². The Hall–Kier alpha value is -1.02. The molecule has 1 aromatic carbocycles. The van der Waals surface area contributed by atoms with Crippen LogP contribution in [-0.4, -0.2) is 0 Å². The third kappa shape index (κ3) is 1.14. The molecule has 2 aromatic rings. The molecule has 0 aliphatic heterocycles. The molecule has 0 fully saturated rings. The van der Waals surface area contributed by atoms with Crippen LogP contribution in [-0.2, 0) is 6.42 Å². The Morgan fingerprint density at radius 1 is 1.29 bits per heavy atom. The summed E-state index contributed by atoms with van der Waals surface area (Å²) < 4.78 is 6.85. The predicted molar refractivity (Wildman–Crippen MR) is 61.3 cm³/mol. The van der Waals surface area contributed by atoms with Gasteiger partial charge >= 0.3 is 0 Å². The summed E-state index contributed by atoms with van der Waals surface area (Å²) in [5, 5.41) is 1.25. The highest BCUT2D eigenvalue weighted by molar-refractivity contribution is 9.10. The normalized spacial score (nSPS) is 14.6. The molecule has 0 unspecified atom stereocenters. The molecule has 0 saturated carbocycles. The predicted octanol–water partition coefficient (Wildman–Crippen LogP) is 4.15. The first-order valence-electron chi connectivity index (χ1n) is 4.72. The molecule has 0 amide bonds. The molecule has 70 valence electrons. The first-order chi connectivity index (χ1) is 6.84. The van der Waals surface area contributed by atoms with Crippen molar-refractivity contribution in [3.05, 3.63) is 40.1 Å². The van der Waals surface area contributed by atoms with Gasteiger partial charge in [0.05, 0.1) is 0 Å². The van der Waals surface area contributed by atoms with E-state index in [0.29, 0.717) is 0 Å². The van der Waals surface area contributed by atoms with Crippen molar-refractivity contribution in [2.24, 2.45) is 0 Å². The minimum Gasteiger partial charge on any atom is -0.456 e. The Bertz CT molecular complexity index is 522. The van der Waals surface area contributed by atoms with Crippen molar-refractivity contribution < 1.29 is 4.42 Å². The second kappa shape index (κ2) is 2.99. The number of halogens is 1. The minimum atomic E-state index is 0.991. The van der Waals surface area contributed by atoms with E-state index in [9.17, 15) is 0 Å². The van der Waals surface area contributed by atoms with E-state index in [1.807, 2.05) is 12.1 Å². The molecule has 1 aromatic heterocycles. The Labute approximate surface area is 90.5 Å². The second-order valence-electron chi connectivity index (χ2n) is 3.53. The van der Waals surface area contributed by atoms with Gasteiger partial charge in [0.15, 0.2) is 0 Å². The summed E-state index contributed by atoms with van der Waals surface area (Å²) in [5.41, 5.74) is 2.34. The maximum absolute atomic E-state index is 5.74. The first kappa shape index (κ1) is 8.30. The van der Waals surface area contributed by atoms with Crippen LogP contribution in [0.25, 0.3) is 17.0 Å². The van der Waals surface area contributed by atoms with Gasteiger partial charge in [-0.1, -0.05) is 22.0 Å². The fourth-order valence-electron chi connectivity index (χ4n) is 1.95. The summed E-state index contributed by atoms with van der Waals surface area (Å²) >= 11 is 3.49. The van der Waals surface area contributed by atoms with E-state index in [1.54, 1.807) is 0 Å². The third-order valence-corrected chi connectivity index (χ3v) is 3.11. The summed E-state index contributed by atoms with van der Waals surface area (Å²) in [7, 11) is 0. The average Bonchev–Trinajstić information content (AvgIpc) is 2.56. The maximum atomic E-state index is 5.74. The third-order valence-electron chi connectivity index (χ3n) is 2.61. The topological polar surface area (TPSA) is 13.1 Å². The highest BCUT2D eigenvalue weighted by Crippen LogP contribution is 2.32. The van der Waals surface area contributed by atoms with Crippen molar-refractivity contribution in [1.29, 1.82) is 0 Å². The molecule has 0 saturated heterocycles. The number of hydrogen-bond donors (Lipinski definition) is 0. The number of rotatable bonds is 0. The van der Waals surface area contributed by atoms with Gasteiger partial charge < -0.3 is 4.42 Å². The number of fused-ring (bicyclic) bond motifs is 3. The van der Waals surface area contributed by atoms with Crippen LogP contribution in [0, 0.1) is 0 Å². The quantitative estimate of drug-likeness (QED) is 0.683. The largest absolute Gasteiger partial charge is 0.456 e. The van der Waals surface area contributed by atoms with E-state index >= 15 is 0 Å². The first-order valence-corrected chi connectivity index (χ1v) is 5.51. The summed E-state index contributed by atoms with van der Waals surface area (Å²) in [4.78, 5) is 0. The van der Waals surface area contributed by atoms with Crippen molar-refractivity contribution >= 4 is 33.0 Å². The number of hydrogen-bond acceptors (Lipinski definition) is 1. The molecule has 0 N–H and O–H groups in total. The van der Waals surface area contributed by atoms with Gasteiger partial charge in [-0.25, -0.2) is 0 Å². The Kier molecular flexibility index (Phi) is 1.77. The van der Waals surface area contributed by atoms with Crippen LogP contribution in [0.5, 0.6) is 0 Å². The zero-order valence-corrected chi connectivity index (χ0v) is 9.17. The molecular formula is C12H9BrO. The van der Waals surface area contributed by atoms with Gasteiger partial charge in [-0.15, -0.1) is 0 Å². The lowest BCUT2D eigenvalue weighted by molar-refractivity contribution is 0.595. The molecule has 14 heavy (non-hydrogen) atoms. The fraction of sp³-hybridized carbons (Fsp3) is 0.167. The van der Waals surface area contributed by atoms with Crippen LogP contribution in [0.3, 0.4) is 0 Å². The standard InChI is InChI=1S/C12H9BrO/c13-8-5-6-12-10(7-8)9-3-1-2-4-11(9)14-12/h2,4-7H,1,3H2. The molecule has 3 rings (SSSR count). The van der Waals surface area contributed by atoms with Crippen LogP contribution in [0.15, 0.2) is 33.2 Å². The average molecular weight is 249 g/mol. The van der Waals surface area contributed by atoms with Gasteiger partial charge in [0.2, 0.25) is 0 Å². The van der Waals surface area contributed by atoms with Gasteiger partial charge in [0, 0.05) is 15.4 Å².